The molecule has 2 aliphatic carbocycles. The lowest BCUT2D eigenvalue weighted by atomic mass is 9.85. The van der Waals surface area contributed by atoms with E-state index in [1.54, 1.807) is 7.05 Å². The molecule has 0 spiro atoms. The fourth-order valence-corrected chi connectivity index (χ4v) is 4.89. The molecule has 8 nitrogen and oxygen atoms in total. The molecule has 0 radical (unpaired) electrons. The number of amides is 2. The highest BCUT2D eigenvalue weighted by molar-refractivity contribution is 14.0. The molecule has 2 aliphatic heterocycles. The highest BCUT2D eigenvalue weighted by Crippen LogP contribution is 2.52. The van der Waals surface area contributed by atoms with Gasteiger partial charge in [-0.2, -0.15) is 0 Å². The minimum atomic E-state index is -0.120. The van der Waals surface area contributed by atoms with E-state index in [9.17, 15) is 9.59 Å². The molecule has 28 heavy (non-hydrogen) atoms. The van der Waals surface area contributed by atoms with Crippen molar-refractivity contribution in [2.45, 2.75) is 12.5 Å². The van der Waals surface area contributed by atoms with Crippen LogP contribution in [0.25, 0.3) is 0 Å². The number of nitrogens with zero attached hydrogens (tertiary/aromatic N) is 3. The summed E-state index contributed by atoms with van der Waals surface area (Å²) in [5.41, 5.74) is 0. The van der Waals surface area contributed by atoms with Crippen molar-refractivity contribution >= 4 is 41.8 Å². The summed E-state index contributed by atoms with van der Waals surface area (Å²) < 4.78 is 5.74. The Kier molecular flexibility index (Phi) is 6.98. The van der Waals surface area contributed by atoms with Gasteiger partial charge in [0, 0.05) is 39.8 Å². The number of hydrogen-bond acceptors (Lipinski definition) is 5. The van der Waals surface area contributed by atoms with E-state index in [1.165, 1.54) is 4.90 Å². The molecule has 2 bridgehead atoms. The lowest BCUT2D eigenvalue weighted by Crippen LogP contribution is -2.49. The standard InChI is InChI=1S/C19H29N5O3.HI/c1-20-19(22-10-14-11-23(2)7-8-27-14)21-5-6-24-17(25)15-12-3-4-13(9-12)16(15)18(24)26;/h3-4,12-16H,5-11H2,1-2H3,(H2,20,21,22);1H. The van der Waals surface area contributed by atoms with Crippen molar-refractivity contribution in [2.75, 3.05) is 53.4 Å². The van der Waals surface area contributed by atoms with Crippen LogP contribution in [0.15, 0.2) is 17.1 Å². The normalized spacial score (nSPS) is 34.6. The van der Waals surface area contributed by atoms with Crippen LogP contribution in [-0.2, 0) is 14.3 Å². The first-order valence-electron chi connectivity index (χ1n) is 9.86. The first kappa shape index (κ1) is 21.5. The van der Waals surface area contributed by atoms with Crippen molar-refractivity contribution in [3.05, 3.63) is 12.2 Å². The molecule has 9 heteroatoms. The van der Waals surface area contributed by atoms with E-state index < -0.39 is 0 Å². The fourth-order valence-electron chi connectivity index (χ4n) is 4.89. The summed E-state index contributed by atoms with van der Waals surface area (Å²) in [6.45, 7) is 4.14. The Labute approximate surface area is 183 Å². The van der Waals surface area contributed by atoms with Crippen molar-refractivity contribution < 1.29 is 14.3 Å². The molecule has 156 valence electrons. The van der Waals surface area contributed by atoms with Gasteiger partial charge in [-0.1, -0.05) is 12.2 Å². The van der Waals surface area contributed by atoms with Gasteiger partial charge in [0.25, 0.3) is 0 Å². The number of fused-ring (bicyclic) bond motifs is 5. The lowest BCUT2D eigenvalue weighted by molar-refractivity contribution is -0.140. The van der Waals surface area contributed by atoms with Gasteiger partial charge in [-0.05, 0) is 25.3 Å². The molecule has 4 rings (SSSR count). The van der Waals surface area contributed by atoms with Crippen LogP contribution in [0.5, 0.6) is 0 Å². The zero-order valence-corrected chi connectivity index (χ0v) is 18.8. The number of likely N-dealkylation sites (tertiary alicyclic amines) is 1. The van der Waals surface area contributed by atoms with Crippen molar-refractivity contribution in [1.82, 2.24) is 20.4 Å². The largest absolute Gasteiger partial charge is 0.374 e. The van der Waals surface area contributed by atoms with E-state index in [4.69, 9.17) is 4.74 Å². The molecule has 2 amide bonds. The first-order valence-corrected chi connectivity index (χ1v) is 9.86. The van der Waals surface area contributed by atoms with Gasteiger partial charge in [0.2, 0.25) is 11.8 Å². The van der Waals surface area contributed by atoms with E-state index >= 15 is 0 Å². The van der Waals surface area contributed by atoms with Gasteiger partial charge in [0.1, 0.15) is 0 Å². The number of nitrogens with one attached hydrogen (secondary N) is 2. The molecule has 2 heterocycles. The number of allylic oxidation sites excluding steroid dienone is 2. The summed E-state index contributed by atoms with van der Waals surface area (Å²) in [5, 5.41) is 6.46. The molecule has 2 N–H and O–H groups in total. The number of hydrogen-bond donors (Lipinski definition) is 2. The molecule has 5 atom stereocenters. The highest BCUT2D eigenvalue weighted by Gasteiger charge is 2.58. The van der Waals surface area contributed by atoms with Crippen molar-refractivity contribution in [2.24, 2.45) is 28.7 Å². The third kappa shape index (κ3) is 4.06. The van der Waals surface area contributed by atoms with Crippen LogP contribution >= 0.6 is 24.0 Å². The monoisotopic (exact) mass is 503 g/mol. The van der Waals surface area contributed by atoms with E-state index in [0.29, 0.717) is 25.6 Å². The Morgan fingerprint density at radius 3 is 2.50 bits per heavy atom. The molecule has 0 aromatic rings. The molecule has 2 saturated heterocycles. The molecule has 0 aromatic heterocycles. The summed E-state index contributed by atoms with van der Waals surface area (Å²) in [6.07, 6.45) is 5.34. The van der Waals surface area contributed by atoms with Crippen LogP contribution in [0.4, 0.5) is 0 Å². The zero-order chi connectivity index (χ0) is 19.0. The van der Waals surface area contributed by atoms with E-state index in [-0.39, 0.29) is 65.6 Å². The van der Waals surface area contributed by atoms with Crippen LogP contribution in [0.1, 0.15) is 6.42 Å². The predicted octanol–water partition coefficient (Wildman–Crippen LogP) is -0.0929. The number of carbonyl (C=O) groups is 2. The summed E-state index contributed by atoms with van der Waals surface area (Å²) in [7, 11) is 3.80. The predicted molar refractivity (Wildman–Crippen MR) is 116 cm³/mol. The highest BCUT2D eigenvalue weighted by atomic mass is 127. The molecule has 4 aliphatic rings. The summed E-state index contributed by atoms with van der Waals surface area (Å²) >= 11 is 0. The third-order valence-corrected chi connectivity index (χ3v) is 6.25. The molecule has 0 aromatic carbocycles. The Bertz CT molecular complexity index is 640. The number of imide groups is 1. The SMILES string of the molecule is CN=C(NCCN1C(=O)C2C3C=CC(C3)C2C1=O)NCC1CN(C)CCO1.I. The number of aliphatic imine (C=N–C) groups is 1. The first-order chi connectivity index (χ1) is 13.1. The lowest BCUT2D eigenvalue weighted by Gasteiger charge is -2.30. The summed E-state index contributed by atoms with van der Waals surface area (Å²) in [5.74, 6) is 0.953. The van der Waals surface area contributed by atoms with Gasteiger partial charge in [-0.3, -0.25) is 19.5 Å². The van der Waals surface area contributed by atoms with Crippen LogP contribution in [0, 0.1) is 23.7 Å². The topological polar surface area (TPSA) is 86.3 Å². The quantitative estimate of drug-likeness (QED) is 0.179. The van der Waals surface area contributed by atoms with Crippen LogP contribution < -0.4 is 10.6 Å². The number of ether oxygens (including phenoxy) is 1. The van der Waals surface area contributed by atoms with Gasteiger partial charge in [-0.25, -0.2) is 0 Å². The number of halogens is 1. The number of likely N-dealkylation sites (N-methyl/N-ethyl adjacent to an activating group) is 1. The van der Waals surface area contributed by atoms with E-state index in [2.05, 4.69) is 39.7 Å². The smallest absolute Gasteiger partial charge is 0.233 e. The maximum Gasteiger partial charge on any atom is 0.233 e. The van der Waals surface area contributed by atoms with Crippen molar-refractivity contribution in [3.8, 4) is 0 Å². The molecular weight excluding hydrogens is 473 g/mol. The maximum atomic E-state index is 12.7. The second kappa shape index (κ2) is 9.08. The summed E-state index contributed by atoms with van der Waals surface area (Å²) in [4.78, 5) is 33.2. The molecule has 5 unspecified atom stereocenters. The fraction of sp³-hybridized carbons (Fsp3) is 0.737. The van der Waals surface area contributed by atoms with Gasteiger partial charge in [0.05, 0.1) is 24.5 Å². The summed E-state index contributed by atoms with van der Waals surface area (Å²) in [6, 6.07) is 0. The average molecular weight is 503 g/mol. The minimum Gasteiger partial charge on any atom is -0.374 e. The minimum absolute atomic E-state index is 0. The zero-order valence-electron chi connectivity index (χ0n) is 16.5. The van der Waals surface area contributed by atoms with Crippen LogP contribution in [0.3, 0.4) is 0 Å². The van der Waals surface area contributed by atoms with Gasteiger partial charge in [0.15, 0.2) is 5.96 Å². The van der Waals surface area contributed by atoms with Crippen molar-refractivity contribution in [3.63, 3.8) is 0 Å². The Balaban J connectivity index is 0.00000225. The molecule has 1 saturated carbocycles. The van der Waals surface area contributed by atoms with E-state index in [0.717, 1.165) is 26.1 Å². The number of carbonyl (C=O) groups excluding carboxylic acids is 2. The third-order valence-electron chi connectivity index (χ3n) is 6.25. The second-order valence-corrected chi connectivity index (χ2v) is 7.96. The number of rotatable bonds is 5. The Hall–Kier alpha value is -1.20. The Morgan fingerprint density at radius 2 is 1.89 bits per heavy atom. The average Bonchev–Trinajstić information content (AvgIpc) is 3.34. The Morgan fingerprint density at radius 1 is 1.21 bits per heavy atom. The van der Waals surface area contributed by atoms with Crippen LogP contribution in [0.2, 0.25) is 0 Å². The maximum absolute atomic E-state index is 12.7. The molecule has 3 fully saturated rings. The second-order valence-electron chi connectivity index (χ2n) is 7.96. The van der Waals surface area contributed by atoms with Crippen LogP contribution in [-0.4, -0.2) is 87.1 Å². The molecular formula is C19H30IN5O3. The number of guanidine groups is 1. The van der Waals surface area contributed by atoms with Crippen molar-refractivity contribution in [1.29, 1.82) is 0 Å². The van der Waals surface area contributed by atoms with Gasteiger partial charge >= 0.3 is 0 Å². The van der Waals surface area contributed by atoms with Gasteiger partial charge in [-0.15, -0.1) is 24.0 Å². The van der Waals surface area contributed by atoms with E-state index in [1.807, 2.05) is 0 Å². The van der Waals surface area contributed by atoms with Gasteiger partial charge < -0.3 is 20.3 Å². The number of morpholine rings is 1.